The summed E-state index contributed by atoms with van der Waals surface area (Å²) >= 11 is 0. The van der Waals surface area contributed by atoms with E-state index in [9.17, 15) is 4.79 Å². The molecule has 0 radical (unpaired) electrons. The molecule has 1 aromatic rings. The van der Waals surface area contributed by atoms with Gasteiger partial charge in [0.2, 0.25) is 0 Å². The van der Waals surface area contributed by atoms with Crippen LogP contribution in [0.1, 0.15) is 54.9 Å². The van der Waals surface area contributed by atoms with Crippen LogP contribution in [0.3, 0.4) is 0 Å². The number of rotatable bonds is 5. The predicted octanol–water partition coefficient (Wildman–Crippen LogP) is 2.98. The summed E-state index contributed by atoms with van der Waals surface area (Å²) in [5.41, 5.74) is 7.59. The van der Waals surface area contributed by atoms with Crippen molar-refractivity contribution in [3.63, 3.8) is 0 Å². The van der Waals surface area contributed by atoms with Gasteiger partial charge in [-0.05, 0) is 50.3 Å². The molecule has 110 valence electrons. The fraction of sp³-hybridized carbons (Fsp3) is 0.588. The minimum atomic E-state index is 0.201. The first-order chi connectivity index (χ1) is 9.77. The lowest BCUT2D eigenvalue weighted by Crippen LogP contribution is -2.44. The summed E-state index contributed by atoms with van der Waals surface area (Å²) in [6.45, 7) is 3.68. The number of amides is 1. The maximum Gasteiger partial charge on any atom is 0.254 e. The molecule has 1 aromatic carbocycles. The van der Waals surface area contributed by atoms with Gasteiger partial charge in [-0.1, -0.05) is 31.5 Å². The second-order valence-electron chi connectivity index (χ2n) is 5.63. The molecule has 1 amide bonds. The van der Waals surface area contributed by atoms with E-state index in [1.54, 1.807) is 0 Å². The third-order valence-electron chi connectivity index (χ3n) is 4.17. The van der Waals surface area contributed by atoms with Crippen molar-refractivity contribution < 1.29 is 4.79 Å². The SMILES string of the molecule is CCCC1CCCCN1C(=O)c1ccccc1CCN. The van der Waals surface area contributed by atoms with Crippen molar-refractivity contribution in [1.29, 1.82) is 0 Å². The Morgan fingerprint density at radius 3 is 2.90 bits per heavy atom. The lowest BCUT2D eigenvalue weighted by atomic mass is 9.95. The van der Waals surface area contributed by atoms with Gasteiger partial charge >= 0.3 is 0 Å². The van der Waals surface area contributed by atoms with Gasteiger partial charge in [-0.2, -0.15) is 0 Å². The Bertz CT molecular complexity index is 442. The van der Waals surface area contributed by atoms with Crippen molar-refractivity contribution in [1.82, 2.24) is 4.90 Å². The Hall–Kier alpha value is -1.35. The standard InChI is InChI=1S/C17H26N2O/c1-2-7-15-9-5-6-13-19(15)17(20)16-10-4-3-8-14(16)11-12-18/h3-4,8,10,15H,2,5-7,9,11-13,18H2,1H3. The Balaban J connectivity index is 2.20. The van der Waals surface area contributed by atoms with Crippen LogP contribution < -0.4 is 5.73 Å². The lowest BCUT2D eigenvalue weighted by molar-refractivity contribution is 0.0599. The predicted molar refractivity (Wildman–Crippen MR) is 82.8 cm³/mol. The van der Waals surface area contributed by atoms with Crippen LogP contribution in [0.25, 0.3) is 0 Å². The van der Waals surface area contributed by atoms with Crippen molar-refractivity contribution in [2.24, 2.45) is 5.73 Å². The molecular weight excluding hydrogens is 248 g/mol. The third-order valence-corrected chi connectivity index (χ3v) is 4.17. The first kappa shape index (κ1) is 15.0. The molecule has 1 saturated heterocycles. The zero-order valence-electron chi connectivity index (χ0n) is 12.5. The molecule has 3 heteroatoms. The molecule has 1 aliphatic rings. The first-order valence-electron chi connectivity index (χ1n) is 7.86. The summed E-state index contributed by atoms with van der Waals surface area (Å²) in [6, 6.07) is 8.34. The number of carbonyl (C=O) groups excluding carboxylic acids is 1. The van der Waals surface area contributed by atoms with Crippen LogP contribution in [-0.2, 0) is 6.42 Å². The Kier molecular flexibility index (Phi) is 5.60. The molecule has 0 saturated carbocycles. The van der Waals surface area contributed by atoms with Crippen LogP contribution >= 0.6 is 0 Å². The van der Waals surface area contributed by atoms with Gasteiger partial charge in [-0.25, -0.2) is 0 Å². The fourth-order valence-corrected chi connectivity index (χ4v) is 3.16. The van der Waals surface area contributed by atoms with Crippen LogP contribution in [0, 0.1) is 0 Å². The third kappa shape index (κ3) is 3.40. The molecule has 0 spiro atoms. The van der Waals surface area contributed by atoms with Gasteiger partial charge < -0.3 is 10.6 Å². The summed E-state index contributed by atoms with van der Waals surface area (Å²) in [5.74, 6) is 0.201. The summed E-state index contributed by atoms with van der Waals surface area (Å²) in [4.78, 5) is 15.0. The number of nitrogens with two attached hydrogens (primary N) is 1. The number of nitrogens with zero attached hydrogens (tertiary/aromatic N) is 1. The van der Waals surface area contributed by atoms with Gasteiger partial charge in [-0.3, -0.25) is 4.79 Å². The van der Waals surface area contributed by atoms with E-state index in [1.807, 2.05) is 24.3 Å². The Labute approximate surface area is 122 Å². The van der Waals surface area contributed by atoms with Gasteiger partial charge in [0, 0.05) is 18.2 Å². The largest absolute Gasteiger partial charge is 0.336 e. The Morgan fingerprint density at radius 1 is 1.35 bits per heavy atom. The highest BCUT2D eigenvalue weighted by Gasteiger charge is 2.27. The maximum absolute atomic E-state index is 12.9. The number of hydrogen-bond donors (Lipinski definition) is 1. The molecule has 3 nitrogen and oxygen atoms in total. The number of benzene rings is 1. The van der Waals surface area contributed by atoms with Crippen LogP contribution in [0.15, 0.2) is 24.3 Å². The van der Waals surface area contributed by atoms with Crippen molar-refractivity contribution in [3.8, 4) is 0 Å². The average molecular weight is 274 g/mol. The Morgan fingerprint density at radius 2 is 2.15 bits per heavy atom. The molecule has 0 aromatic heterocycles. The molecule has 1 unspecified atom stereocenters. The molecule has 0 aliphatic carbocycles. The molecule has 1 heterocycles. The monoisotopic (exact) mass is 274 g/mol. The summed E-state index contributed by atoms with van der Waals surface area (Å²) < 4.78 is 0. The second kappa shape index (κ2) is 7.44. The molecule has 1 aliphatic heterocycles. The summed E-state index contributed by atoms with van der Waals surface area (Å²) in [6.07, 6.45) is 6.56. The molecule has 20 heavy (non-hydrogen) atoms. The maximum atomic E-state index is 12.9. The van der Waals surface area contributed by atoms with Crippen LogP contribution in [0.2, 0.25) is 0 Å². The van der Waals surface area contributed by atoms with Gasteiger partial charge in [0.05, 0.1) is 0 Å². The quantitative estimate of drug-likeness (QED) is 0.897. The topological polar surface area (TPSA) is 46.3 Å². The van der Waals surface area contributed by atoms with E-state index in [2.05, 4.69) is 11.8 Å². The summed E-state index contributed by atoms with van der Waals surface area (Å²) in [7, 11) is 0. The number of likely N-dealkylation sites (tertiary alicyclic amines) is 1. The van der Waals surface area contributed by atoms with E-state index in [0.29, 0.717) is 12.6 Å². The van der Waals surface area contributed by atoms with Crippen LogP contribution in [0.5, 0.6) is 0 Å². The molecule has 1 atom stereocenters. The molecular formula is C17H26N2O. The van der Waals surface area contributed by atoms with Gasteiger partial charge in [-0.15, -0.1) is 0 Å². The van der Waals surface area contributed by atoms with Gasteiger partial charge in [0.15, 0.2) is 0 Å². The molecule has 1 fully saturated rings. The van der Waals surface area contributed by atoms with Crippen molar-refractivity contribution in [2.75, 3.05) is 13.1 Å². The van der Waals surface area contributed by atoms with Crippen molar-refractivity contribution >= 4 is 5.91 Å². The smallest absolute Gasteiger partial charge is 0.254 e. The van der Waals surface area contributed by atoms with Gasteiger partial charge in [0.1, 0.15) is 0 Å². The lowest BCUT2D eigenvalue weighted by Gasteiger charge is -2.36. The van der Waals surface area contributed by atoms with Crippen LogP contribution in [-0.4, -0.2) is 29.9 Å². The minimum Gasteiger partial charge on any atom is -0.336 e. The summed E-state index contributed by atoms with van der Waals surface area (Å²) in [5, 5.41) is 0. The normalized spacial score (nSPS) is 19.1. The zero-order chi connectivity index (χ0) is 14.4. The average Bonchev–Trinajstić information content (AvgIpc) is 2.48. The van der Waals surface area contributed by atoms with E-state index in [0.717, 1.165) is 49.8 Å². The zero-order valence-corrected chi connectivity index (χ0v) is 12.5. The van der Waals surface area contributed by atoms with E-state index in [4.69, 9.17) is 5.73 Å². The highest BCUT2D eigenvalue weighted by molar-refractivity contribution is 5.96. The number of piperidine rings is 1. The minimum absolute atomic E-state index is 0.201. The van der Waals surface area contributed by atoms with Crippen molar-refractivity contribution in [3.05, 3.63) is 35.4 Å². The van der Waals surface area contributed by atoms with E-state index < -0.39 is 0 Å². The highest BCUT2D eigenvalue weighted by atomic mass is 16.2. The van der Waals surface area contributed by atoms with E-state index >= 15 is 0 Å². The first-order valence-corrected chi connectivity index (χ1v) is 7.86. The van der Waals surface area contributed by atoms with Gasteiger partial charge in [0.25, 0.3) is 5.91 Å². The fourth-order valence-electron chi connectivity index (χ4n) is 3.16. The molecule has 2 rings (SSSR count). The highest BCUT2D eigenvalue weighted by Crippen LogP contribution is 2.24. The molecule has 2 N–H and O–H groups in total. The van der Waals surface area contributed by atoms with E-state index in [-0.39, 0.29) is 5.91 Å². The number of carbonyl (C=O) groups is 1. The van der Waals surface area contributed by atoms with E-state index in [1.165, 1.54) is 6.42 Å². The van der Waals surface area contributed by atoms with Crippen LogP contribution in [0.4, 0.5) is 0 Å². The second-order valence-corrected chi connectivity index (χ2v) is 5.63. The number of hydrogen-bond acceptors (Lipinski definition) is 2. The molecule has 0 bridgehead atoms. The van der Waals surface area contributed by atoms with Crippen molar-refractivity contribution in [2.45, 2.75) is 51.5 Å².